The summed E-state index contributed by atoms with van der Waals surface area (Å²) < 4.78 is 5.23. The van der Waals surface area contributed by atoms with Crippen molar-refractivity contribution in [2.24, 2.45) is 0 Å². The van der Waals surface area contributed by atoms with Crippen LogP contribution in [0.15, 0.2) is 53.1 Å². The summed E-state index contributed by atoms with van der Waals surface area (Å²) in [5.74, 6) is 0.179. The van der Waals surface area contributed by atoms with Crippen LogP contribution < -0.4 is 5.32 Å². The van der Waals surface area contributed by atoms with Gasteiger partial charge in [0.25, 0.3) is 5.91 Å². The van der Waals surface area contributed by atoms with Crippen LogP contribution in [0.5, 0.6) is 0 Å². The molecule has 2 aromatic rings. The normalized spacial score (nSPS) is 17.6. The number of carbonyl (C=O) groups excluding carboxylic acids is 1. The average molecular weight is 341 g/mol. The van der Waals surface area contributed by atoms with Crippen LogP contribution in [0.3, 0.4) is 0 Å². The number of rotatable bonds is 6. The molecule has 0 saturated carbocycles. The van der Waals surface area contributed by atoms with E-state index in [2.05, 4.69) is 41.3 Å². The monoisotopic (exact) mass is 341 g/mol. The molecule has 0 bridgehead atoms. The highest BCUT2D eigenvalue weighted by Crippen LogP contribution is 2.20. The van der Waals surface area contributed by atoms with Gasteiger partial charge in [-0.3, -0.25) is 4.79 Å². The van der Waals surface area contributed by atoms with Crippen molar-refractivity contribution < 1.29 is 9.21 Å². The molecule has 5 heteroatoms. The first-order valence-corrected chi connectivity index (χ1v) is 8.91. The van der Waals surface area contributed by atoms with Crippen LogP contribution in [0.25, 0.3) is 0 Å². The van der Waals surface area contributed by atoms with E-state index in [4.69, 9.17) is 4.42 Å². The molecule has 1 saturated heterocycles. The van der Waals surface area contributed by atoms with E-state index in [1.165, 1.54) is 19.1 Å². The lowest BCUT2D eigenvalue weighted by molar-refractivity contribution is 0.0878. The molecule has 1 N–H and O–H groups in total. The van der Waals surface area contributed by atoms with Crippen LogP contribution in [-0.2, 0) is 0 Å². The third-order valence-electron chi connectivity index (χ3n) is 5.03. The number of hydrogen-bond donors (Lipinski definition) is 1. The highest BCUT2D eigenvalue weighted by molar-refractivity contribution is 5.91. The first-order chi connectivity index (χ1) is 12.1. The molecule has 1 amide bonds. The lowest BCUT2D eigenvalue weighted by Crippen LogP contribution is -2.45. The number of likely N-dealkylation sites (N-methyl/N-ethyl adjacent to an activating group) is 1. The molecule has 3 rings (SSSR count). The van der Waals surface area contributed by atoms with E-state index in [9.17, 15) is 4.79 Å². The van der Waals surface area contributed by atoms with E-state index in [1.807, 2.05) is 18.2 Å². The smallest absolute Gasteiger partial charge is 0.287 e. The maximum Gasteiger partial charge on any atom is 0.287 e. The first-order valence-electron chi connectivity index (χ1n) is 8.91. The summed E-state index contributed by atoms with van der Waals surface area (Å²) >= 11 is 0. The number of carbonyl (C=O) groups is 1. The Balaban J connectivity index is 1.69. The van der Waals surface area contributed by atoms with Crippen molar-refractivity contribution in [3.05, 3.63) is 60.1 Å². The van der Waals surface area contributed by atoms with Gasteiger partial charge in [0.2, 0.25) is 0 Å². The summed E-state index contributed by atoms with van der Waals surface area (Å²) in [6.07, 6.45) is 3.86. The average Bonchev–Trinajstić information content (AvgIpc) is 3.17. The second-order valence-corrected chi connectivity index (χ2v) is 6.89. The lowest BCUT2D eigenvalue weighted by atomic mass is 10.0. The Morgan fingerprint density at radius 1 is 1.24 bits per heavy atom. The fourth-order valence-corrected chi connectivity index (χ4v) is 3.43. The third kappa shape index (κ3) is 4.71. The number of nitrogens with one attached hydrogen (secondary N) is 1. The van der Waals surface area contributed by atoms with Crippen molar-refractivity contribution in [3.63, 3.8) is 0 Å². The van der Waals surface area contributed by atoms with Crippen molar-refractivity contribution in [2.45, 2.75) is 24.9 Å². The van der Waals surface area contributed by atoms with Crippen LogP contribution in [-0.4, -0.2) is 55.5 Å². The van der Waals surface area contributed by atoms with Crippen molar-refractivity contribution in [1.29, 1.82) is 0 Å². The quantitative estimate of drug-likeness (QED) is 0.878. The summed E-state index contributed by atoms with van der Waals surface area (Å²) in [5, 5.41) is 3.13. The molecular formula is C20H27N3O2. The SMILES string of the molecule is CN1CCC(N(C)C[C@@H](NC(=O)c2ccco2)c2ccccc2)CC1. The number of furan rings is 1. The van der Waals surface area contributed by atoms with Crippen LogP contribution in [0.2, 0.25) is 0 Å². The van der Waals surface area contributed by atoms with Gasteiger partial charge in [0.1, 0.15) is 0 Å². The van der Waals surface area contributed by atoms with E-state index in [1.54, 1.807) is 12.1 Å². The molecule has 134 valence electrons. The molecule has 1 aliphatic heterocycles. The Kier molecular flexibility index (Phi) is 5.89. The maximum absolute atomic E-state index is 12.5. The van der Waals surface area contributed by atoms with Gasteiger partial charge in [0.05, 0.1) is 12.3 Å². The topological polar surface area (TPSA) is 48.7 Å². The number of amides is 1. The van der Waals surface area contributed by atoms with Crippen LogP contribution in [0, 0.1) is 0 Å². The first kappa shape index (κ1) is 17.7. The number of piperidine rings is 1. The van der Waals surface area contributed by atoms with Gasteiger partial charge in [-0.2, -0.15) is 0 Å². The van der Waals surface area contributed by atoms with Crippen molar-refractivity contribution in [3.8, 4) is 0 Å². The molecule has 0 spiro atoms. The molecular weight excluding hydrogens is 314 g/mol. The Morgan fingerprint density at radius 3 is 2.60 bits per heavy atom. The molecule has 1 aromatic carbocycles. The molecule has 1 atom stereocenters. The molecule has 5 nitrogen and oxygen atoms in total. The summed E-state index contributed by atoms with van der Waals surface area (Å²) in [7, 11) is 4.33. The predicted octanol–water partition coefficient (Wildman–Crippen LogP) is 2.78. The summed E-state index contributed by atoms with van der Waals surface area (Å²) in [5.41, 5.74) is 1.11. The van der Waals surface area contributed by atoms with Gasteiger partial charge in [-0.1, -0.05) is 30.3 Å². The van der Waals surface area contributed by atoms with E-state index in [0.29, 0.717) is 11.8 Å². The fourth-order valence-electron chi connectivity index (χ4n) is 3.43. The number of benzene rings is 1. The summed E-state index contributed by atoms with van der Waals surface area (Å²) in [4.78, 5) is 17.2. The summed E-state index contributed by atoms with van der Waals surface area (Å²) in [6.45, 7) is 3.04. The van der Waals surface area contributed by atoms with E-state index in [0.717, 1.165) is 25.2 Å². The highest BCUT2D eigenvalue weighted by Gasteiger charge is 2.25. The van der Waals surface area contributed by atoms with Gasteiger partial charge >= 0.3 is 0 Å². The van der Waals surface area contributed by atoms with Crippen LogP contribution >= 0.6 is 0 Å². The standard InChI is InChI=1S/C20H27N3O2/c1-22-12-10-17(11-13-22)23(2)15-18(16-7-4-3-5-8-16)21-20(24)19-9-6-14-25-19/h3-9,14,17-18H,10-13,15H2,1-2H3,(H,21,24)/t18-/m1/s1. The minimum atomic E-state index is -0.171. The number of nitrogens with zero attached hydrogens (tertiary/aromatic N) is 2. The van der Waals surface area contributed by atoms with Gasteiger partial charge in [-0.05, 0) is 57.7 Å². The number of hydrogen-bond acceptors (Lipinski definition) is 4. The Labute approximate surface area is 149 Å². The Hall–Kier alpha value is -2.11. The van der Waals surface area contributed by atoms with Gasteiger partial charge in [-0.15, -0.1) is 0 Å². The maximum atomic E-state index is 12.5. The van der Waals surface area contributed by atoms with Gasteiger partial charge < -0.3 is 19.5 Å². The van der Waals surface area contributed by atoms with E-state index >= 15 is 0 Å². The third-order valence-corrected chi connectivity index (χ3v) is 5.03. The second kappa shape index (κ2) is 8.32. The van der Waals surface area contributed by atoms with Gasteiger partial charge in [-0.25, -0.2) is 0 Å². The minimum absolute atomic E-state index is 0.0662. The zero-order valence-corrected chi connectivity index (χ0v) is 15.0. The molecule has 1 fully saturated rings. The van der Waals surface area contributed by atoms with Crippen LogP contribution in [0.4, 0.5) is 0 Å². The lowest BCUT2D eigenvalue weighted by Gasteiger charge is -2.37. The molecule has 0 aliphatic carbocycles. The predicted molar refractivity (Wildman–Crippen MR) is 98.5 cm³/mol. The van der Waals surface area contributed by atoms with Crippen molar-refractivity contribution in [2.75, 3.05) is 33.7 Å². The Bertz CT molecular complexity index is 649. The second-order valence-electron chi connectivity index (χ2n) is 6.89. The molecule has 1 aromatic heterocycles. The summed E-state index contributed by atoms with van der Waals surface area (Å²) in [6, 6.07) is 14.1. The van der Waals surface area contributed by atoms with E-state index < -0.39 is 0 Å². The van der Waals surface area contributed by atoms with Gasteiger partial charge in [0, 0.05) is 12.6 Å². The number of likely N-dealkylation sites (tertiary alicyclic amines) is 1. The van der Waals surface area contributed by atoms with Gasteiger partial charge in [0.15, 0.2) is 5.76 Å². The largest absolute Gasteiger partial charge is 0.459 e. The fraction of sp³-hybridized carbons (Fsp3) is 0.450. The molecule has 0 unspecified atom stereocenters. The molecule has 1 aliphatic rings. The van der Waals surface area contributed by atoms with Crippen molar-refractivity contribution in [1.82, 2.24) is 15.1 Å². The Morgan fingerprint density at radius 2 is 1.96 bits per heavy atom. The molecule has 0 radical (unpaired) electrons. The minimum Gasteiger partial charge on any atom is -0.459 e. The highest BCUT2D eigenvalue weighted by atomic mass is 16.3. The zero-order valence-electron chi connectivity index (χ0n) is 15.0. The molecule has 2 heterocycles. The zero-order chi connectivity index (χ0) is 17.6. The van der Waals surface area contributed by atoms with Crippen LogP contribution in [0.1, 0.15) is 35.0 Å². The molecule has 25 heavy (non-hydrogen) atoms. The van der Waals surface area contributed by atoms with E-state index in [-0.39, 0.29) is 11.9 Å². The van der Waals surface area contributed by atoms with Crippen molar-refractivity contribution >= 4 is 5.91 Å².